The summed E-state index contributed by atoms with van der Waals surface area (Å²) in [5.74, 6) is 5.80. The Balaban J connectivity index is 1.65. The second-order valence-electron chi connectivity index (χ2n) is 5.81. The molecule has 2 aromatic carbocycles. The van der Waals surface area contributed by atoms with Crippen LogP contribution in [-0.4, -0.2) is 15.5 Å². The third-order valence-corrected chi connectivity index (χ3v) is 4.05. The average Bonchev–Trinajstić information content (AvgIpc) is 3.14. The van der Waals surface area contributed by atoms with Crippen LogP contribution in [0.15, 0.2) is 67.1 Å². The summed E-state index contributed by atoms with van der Waals surface area (Å²) in [7, 11) is 0. The summed E-state index contributed by atoms with van der Waals surface area (Å²) in [5, 5.41) is 10.4. The van der Waals surface area contributed by atoms with Crippen LogP contribution < -0.4 is 10.9 Å². The molecule has 0 aliphatic heterocycles. The number of hydrogen-bond donors (Lipinski definition) is 1. The van der Waals surface area contributed by atoms with E-state index in [-0.39, 0.29) is 0 Å². The normalized spacial score (nSPS) is 10.7. The van der Waals surface area contributed by atoms with Crippen LogP contribution in [0.4, 0.5) is 5.82 Å². The standard InChI is InChI=1S/C20H16ClN5O/c21-18-3-1-2-17(10-18)12-25-13-19(24-14-25)26(23)20(27)9-8-15-4-6-16(11-22)7-5-15/h1-10,13-14H,12,23H2/b9-8+. The third kappa shape index (κ3) is 4.82. The van der Waals surface area contributed by atoms with Crippen molar-refractivity contribution in [3.8, 4) is 6.07 Å². The molecule has 0 unspecified atom stereocenters. The van der Waals surface area contributed by atoms with E-state index in [4.69, 9.17) is 22.7 Å². The van der Waals surface area contributed by atoms with Gasteiger partial charge in [0.1, 0.15) is 0 Å². The number of carbonyl (C=O) groups is 1. The van der Waals surface area contributed by atoms with Crippen LogP contribution in [0.25, 0.3) is 6.08 Å². The molecule has 0 aliphatic rings. The van der Waals surface area contributed by atoms with Crippen molar-refractivity contribution in [1.29, 1.82) is 5.26 Å². The molecule has 0 radical (unpaired) electrons. The lowest BCUT2D eigenvalue weighted by Gasteiger charge is -2.10. The van der Waals surface area contributed by atoms with Gasteiger partial charge >= 0.3 is 0 Å². The molecule has 7 heteroatoms. The maximum atomic E-state index is 12.2. The fraction of sp³-hybridized carbons (Fsp3) is 0.0500. The van der Waals surface area contributed by atoms with Gasteiger partial charge in [-0.2, -0.15) is 5.26 Å². The summed E-state index contributed by atoms with van der Waals surface area (Å²) in [6.45, 7) is 0.566. The molecule has 0 fully saturated rings. The molecule has 1 amide bonds. The first-order valence-electron chi connectivity index (χ1n) is 8.08. The van der Waals surface area contributed by atoms with Gasteiger partial charge in [0.25, 0.3) is 5.91 Å². The predicted molar refractivity (Wildman–Crippen MR) is 105 cm³/mol. The van der Waals surface area contributed by atoms with Gasteiger partial charge in [-0.25, -0.2) is 15.8 Å². The molecule has 0 saturated heterocycles. The Kier molecular flexibility index (Phi) is 5.67. The fourth-order valence-corrected chi connectivity index (χ4v) is 2.65. The van der Waals surface area contributed by atoms with Crippen LogP contribution in [0.3, 0.4) is 0 Å². The zero-order valence-corrected chi connectivity index (χ0v) is 15.0. The third-order valence-electron chi connectivity index (χ3n) is 3.82. The van der Waals surface area contributed by atoms with Gasteiger partial charge in [-0.05, 0) is 41.5 Å². The van der Waals surface area contributed by atoms with Gasteiger partial charge in [-0.15, -0.1) is 0 Å². The van der Waals surface area contributed by atoms with Crippen molar-refractivity contribution in [2.24, 2.45) is 5.84 Å². The van der Waals surface area contributed by atoms with E-state index in [0.29, 0.717) is 22.9 Å². The van der Waals surface area contributed by atoms with E-state index in [1.165, 1.54) is 6.08 Å². The monoisotopic (exact) mass is 377 g/mol. The summed E-state index contributed by atoms with van der Waals surface area (Å²) in [4.78, 5) is 16.4. The lowest BCUT2D eigenvalue weighted by atomic mass is 10.1. The Morgan fingerprint density at radius 3 is 2.78 bits per heavy atom. The molecular weight excluding hydrogens is 362 g/mol. The lowest BCUT2D eigenvalue weighted by molar-refractivity contribution is -0.114. The van der Waals surface area contributed by atoms with Gasteiger partial charge in [0.05, 0.1) is 18.0 Å². The SMILES string of the molecule is N#Cc1ccc(/C=C/C(=O)N(N)c2cn(Cc3cccc(Cl)c3)cn2)cc1. The van der Waals surface area contributed by atoms with Crippen LogP contribution in [0, 0.1) is 11.3 Å². The van der Waals surface area contributed by atoms with Crippen LogP contribution in [-0.2, 0) is 11.3 Å². The number of nitrogens with zero attached hydrogens (tertiary/aromatic N) is 4. The first kappa shape index (κ1) is 18.4. The molecule has 3 rings (SSSR count). The van der Waals surface area contributed by atoms with Crippen molar-refractivity contribution in [1.82, 2.24) is 9.55 Å². The minimum atomic E-state index is -0.410. The minimum absolute atomic E-state index is 0.339. The summed E-state index contributed by atoms with van der Waals surface area (Å²) in [6.07, 6.45) is 6.28. The predicted octanol–water partition coefficient (Wildman–Crippen LogP) is 3.38. The van der Waals surface area contributed by atoms with E-state index in [1.54, 1.807) is 42.9 Å². The molecule has 6 nitrogen and oxygen atoms in total. The van der Waals surface area contributed by atoms with E-state index in [0.717, 1.165) is 16.1 Å². The van der Waals surface area contributed by atoms with Crippen molar-refractivity contribution in [2.75, 3.05) is 5.01 Å². The highest BCUT2D eigenvalue weighted by molar-refractivity contribution is 6.30. The first-order chi connectivity index (χ1) is 13.0. The van der Waals surface area contributed by atoms with Crippen molar-refractivity contribution in [2.45, 2.75) is 6.54 Å². The number of hydrogen-bond acceptors (Lipinski definition) is 4. The van der Waals surface area contributed by atoms with Crippen LogP contribution in [0.5, 0.6) is 0 Å². The Morgan fingerprint density at radius 2 is 2.07 bits per heavy atom. The van der Waals surface area contributed by atoms with Crippen LogP contribution in [0.2, 0.25) is 5.02 Å². The molecule has 0 atom stereocenters. The van der Waals surface area contributed by atoms with Crippen LogP contribution >= 0.6 is 11.6 Å². The van der Waals surface area contributed by atoms with E-state index in [9.17, 15) is 4.79 Å². The lowest BCUT2D eigenvalue weighted by Crippen LogP contribution is -2.36. The zero-order valence-electron chi connectivity index (χ0n) is 14.3. The number of nitrogens with two attached hydrogens (primary N) is 1. The average molecular weight is 378 g/mol. The molecule has 3 aromatic rings. The van der Waals surface area contributed by atoms with Crippen molar-refractivity contribution in [3.63, 3.8) is 0 Å². The number of hydrazine groups is 1. The van der Waals surface area contributed by atoms with E-state index < -0.39 is 5.91 Å². The fourth-order valence-electron chi connectivity index (χ4n) is 2.43. The Labute approximate surface area is 161 Å². The summed E-state index contributed by atoms with van der Waals surface area (Å²) >= 11 is 5.99. The highest BCUT2D eigenvalue weighted by atomic mass is 35.5. The molecule has 0 spiro atoms. The molecule has 0 bridgehead atoms. The van der Waals surface area contributed by atoms with E-state index in [1.807, 2.05) is 34.9 Å². The van der Waals surface area contributed by atoms with Crippen molar-refractivity contribution < 1.29 is 4.79 Å². The molecule has 2 N–H and O–H groups in total. The largest absolute Gasteiger partial charge is 0.331 e. The number of carbonyl (C=O) groups excluding carboxylic acids is 1. The smallest absolute Gasteiger partial charge is 0.266 e. The Hall–Kier alpha value is -3.40. The van der Waals surface area contributed by atoms with Gasteiger partial charge in [-0.1, -0.05) is 35.9 Å². The summed E-state index contributed by atoms with van der Waals surface area (Å²) in [5.41, 5.74) is 2.37. The zero-order chi connectivity index (χ0) is 19.2. The number of imidazole rings is 1. The van der Waals surface area contributed by atoms with Gasteiger partial charge in [0, 0.05) is 23.8 Å². The number of anilines is 1. The molecule has 0 saturated carbocycles. The topological polar surface area (TPSA) is 87.9 Å². The molecular formula is C20H16ClN5O. The van der Waals surface area contributed by atoms with Gasteiger partial charge in [-0.3, -0.25) is 4.79 Å². The van der Waals surface area contributed by atoms with Crippen molar-refractivity contribution >= 4 is 29.4 Å². The molecule has 1 heterocycles. The maximum absolute atomic E-state index is 12.2. The number of benzene rings is 2. The van der Waals surface area contributed by atoms with E-state index >= 15 is 0 Å². The second-order valence-corrected chi connectivity index (χ2v) is 6.25. The Morgan fingerprint density at radius 1 is 1.30 bits per heavy atom. The first-order valence-corrected chi connectivity index (χ1v) is 8.46. The number of halogens is 1. The Bertz CT molecular complexity index is 1020. The number of rotatable bonds is 5. The van der Waals surface area contributed by atoms with Crippen molar-refractivity contribution in [3.05, 3.63) is 88.8 Å². The summed E-state index contributed by atoms with van der Waals surface area (Å²) < 4.78 is 1.82. The number of amides is 1. The highest BCUT2D eigenvalue weighted by Gasteiger charge is 2.12. The maximum Gasteiger partial charge on any atom is 0.266 e. The minimum Gasteiger partial charge on any atom is -0.331 e. The number of nitriles is 1. The molecule has 1 aromatic heterocycles. The number of aromatic nitrogens is 2. The molecule has 134 valence electrons. The van der Waals surface area contributed by atoms with Gasteiger partial charge < -0.3 is 4.57 Å². The van der Waals surface area contributed by atoms with E-state index in [2.05, 4.69) is 4.98 Å². The molecule has 0 aliphatic carbocycles. The van der Waals surface area contributed by atoms with Gasteiger partial charge in [0.2, 0.25) is 0 Å². The second kappa shape index (κ2) is 8.32. The summed E-state index contributed by atoms with van der Waals surface area (Å²) in [6, 6.07) is 16.4. The van der Waals surface area contributed by atoms with Crippen LogP contribution in [0.1, 0.15) is 16.7 Å². The van der Waals surface area contributed by atoms with Gasteiger partial charge in [0.15, 0.2) is 5.82 Å². The molecule has 27 heavy (non-hydrogen) atoms. The highest BCUT2D eigenvalue weighted by Crippen LogP contribution is 2.14. The quantitative estimate of drug-likeness (QED) is 0.319.